The molecule has 2 N–H and O–H groups in total. The molecule has 1 fully saturated rings. The molecule has 1 aliphatic rings. The molecule has 0 bridgehead atoms. The van der Waals surface area contributed by atoms with E-state index in [1.54, 1.807) is 17.8 Å². The molecule has 0 amide bonds. The van der Waals surface area contributed by atoms with E-state index in [0.717, 1.165) is 18.4 Å². The van der Waals surface area contributed by atoms with Crippen molar-refractivity contribution in [2.24, 2.45) is 0 Å². The summed E-state index contributed by atoms with van der Waals surface area (Å²) in [6, 6.07) is 2.16. The van der Waals surface area contributed by atoms with Gasteiger partial charge in [0.05, 0.1) is 0 Å². The molecule has 1 aromatic rings. The zero-order valence-corrected chi connectivity index (χ0v) is 15.3. The van der Waals surface area contributed by atoms with Gasteiger partial charge in [-0.15, -0.1) is 11.3 Å². The van der Waals surface area contributed by atoms with Gasteiger partial charge in [-0.1, -0.05) is 20.3 Å². The molecule has 1 saturated carbocycles. The number of thioether (sulfide) groups is 1. The van der Waals surface area contributed by atoms with Gasteiger partial charge in [0.1, 0.15) is 4.21 Å². The first-order chi connectivity index (χ1) is 9.87. The predicted octanol–water partition coefficient (Wildman–Crippen LogP) is 2.81. The fourth-order valence-electron chi connectivity index (χ4n) is 2.23. The Labute approximate surface area is 136 Å². The predicted molar refractivity (Wildman–Crippen MR) is 91.6 cm³/mol. The number of thiophene rings is 1. The van der Waals surface area contributed by atoms with Crippen molar-refractivity contribution in [3.63, 3.8) is 0 Å². The lowest BCUT2D eigenvalue weighted by molar-refractivity contribution is 0.362. The highest BCUT2D eigenvalue weighted by Crippen LogP contribution is 2.42. The van der Waals surface area contributed by atoms with Gasteiger partial charge in [-0.3, -0.25) is 0 Å². The Balaban J connectivity index is 1.96. The van der Waals surface area contributed by atoms with Gasteiger partial charge in [-0.05, 0) is 36.1 Å². The van der Waals surface area contributed by atoms with E-state index in [2.05, 4.69) is 30.1 Å². The van der Waals surface area contributed by atoms with E-state index >= 15 is 0 Å². The van der Waals surface area contributed by atoms with Crippen LogP contribution in [0.5, 0.6) is 0 Å². The third kappa shape index (κ3) is 4.45. The summed E-state index contributed by atoms with van der Waals surface area (Å²) in [7, 11) is -3.37. The Morgan fingerprint density at radius 2 is 2.14 bits per heavy atom. The molecule has 0 aliphatic heterocycles. The van der Waals surface area contributed by atoms with Gasteiger partial charge in [-0.2, -0.15) is 11.8 Å². The van der Waals surface area contributed by atoms with Gasteiger partial charge in [0, 0.05) is 23.9 Å². The Morgan fingerprint density at radius 1 is 1.43 bits per heavy atom. The maximum atomic E-state index is 12.4. The van der Waals surface area contributed by atoms with Gasteiger partial charge in [0.2, 0.25) is 10.0 Å². The summed E-state index contributed by atoms with van der Waals surface area (Å²) >= 11 is 3.07. The number of rotatable bonds is 8. The van der Waals surface area contributed by atoms with Crippen molar-refractivity contribution in [3.05, 3.63) is 17.0 Å². The summed E-state index contributed by atoms with van der Waals surface area (Å²) in [6.07, 6.45) is 5.47. The SMILES string of the molecule is CSC1(CNS(=O)(=O)c2cc(CNC(C)C)cs2)CCC1. The van der Waals surface area contributed by atoms with Crippen molar-refractivity contribution in [1.29, 1.82) is 0 Å². The highest BCUT2D eigenvalue weighted by molar-refractivity contribution is 8.00. The standard InChI is InChI=1S/C14H24N2O2S3/c1-11(2)15-8-12-7-13(20-9-12)21(17,18)16-10-14(19-3)5-4-6-14/h7,9,11,15-16H,4-6,8,10H2,1-3H3. The number of hydrogen-bond donors (Lipinski definition) is 2. The van der Waals surface area contributed by atoms with E-state index in [1.165, 1.54) is 17.8 Å². The minimum atomic E-state index is -3.37. The van der Waals surface area contributed by atoms with Crippen LogP contribution in [0.3, 0.4) is 0 Å². The molecule has 1 aliphatic carbocycles. The van der Waals surface area contributed by atoms with E-state index in [1.807, 2.05) is 5.38 Å². The molecule has 0 saturated heterocycles. The van der Waals surface area contributed by atoms with Crippen molar-refractivity contribution >= 4 is 33.1 Å². The summed E-state index contributed by atoms with van der Waals surface area (Å²) < 4.78 is 28.0. The molecule has 0 atom stereocenters. The molecule has 0 radical (unpaired) electrons. The molecule has 7 heteroatoms. The van der Waals surface area contributed by atoms with Crippen LogP contribution in [0.1, 0.15) is 38.7 Å². The highest BCUT2D eigenvalue weighted by Gasteiger charge is 2.37. The van der Waals surface area contributed by atoms with Crippen LogP contribution in [0.15, 0.2) is 15.7 Å². The average Bonchev–Trinajstić information content (AvgIpc) is 2.85. The van der Waals surface area contributed by atoms with Crippen molar-refractivity contribution in [1.82, 2.24) is 10.0 Å². The van der Waals surface area contributed by atoms with Crippen LogP contribution in [0.2, 0.25) is 0 Å². The Kier molecular flexibility index (Phi) is 5.76. The van der Waals surface area contributed by atoms with E-state index in [-0.39, 0.29) is 4.75 Å². The van der Waals surface area contributed by atoms with Gasteiger partial charge in [-0.25, -0.2) is 13.1 Å². The fraction of sp³-hybridized carbons (Fsp3) is 0.714. The number of nitrogens with one attached hydrogen (secondary N) is 2. The van der Waals surface area contributed by atoms with E-state index in [9.17, 15) is 8.42 Å². The minimum absolute atomic E-state index is 0.117. The van der Waals surface area contributed by atoms with Crippen molar-refractivity contribution < 1.29 is 8.42 Å². The lowest BCUT2D eigenvalue weighted by atomic mass is 9.84. The molecule has 21 heavy (non-hydrogen) atoms. The zero-order valence-electron chi connectivity index (χ0n) is 12.8. The highest BCUT2D eigenvalue weighted by atomic mass is 32.2. The molecular weight excluding hydrogens is 324 g/mol. The summed E-state index contributed by atoms with van der Waals surface area (Å²) in [5, 5.41) is 5.21. The lowest BCUT2D eigenvalue weighted by Crippen LogP contribution is -2.45. The molecule has 1 aromatic heterocycles. The lowest BCUT2D eigenvalue weighted by Gasteiger charge is -2.40. The first kappa shape index (κ1) is 17.3. The molecule has 0 aromatic carbocycles. The minimum Gasteiger partial charge on any atom is -0.310 e. The van der Waals surface area contributed by atoms with Crippen LogP contribution in [0, 0.1) is 0 Å². The maximum Gasteiger partial charge on any atom is 0.250 e. The first-order valence-corrected chi connectivity index (χ1v) is 10.8. The normalized spacial score (nSPS) is 17.9. The summed E-state index contributed by atoms with van der Waals surface area (Å²) in [4.78, 5) is 0. The van der Waals surface area contributed by atoms with Crippen molar-refractivity contribution in [2.75, 3.05) is 12.8 Å². The van der Waals surface area contributed by atoms with Gasteiger partial charge < -0.3 is 5.32 Å². The van der Waals surface area contributed by atoms with Crippen LogP contribution in [-0.2, 0) is 16.6 Å². The molecule has 4 nitrogen and oxygen atoms in total. The third-order valence-corrected chi connectivity index (χ3v) is 8.20. The zero-order chi connectivity index (χ0) is 15.5. The summed E-state index contributed by atoms with van der Waals surface area (Å²) in [6.45, 7) is 5.39. The van der Waals surface area contributed by atoms with Crippen LogP contribution < -0.4 is 10.0 Å². The Bertz CT molecular complexity index is 557. The van der Waals surface area contributed by atoms with Crippen LogP contribution >= 0.6 is 23.1 Å². The third-order valence-electron chi connectivity index (χ3n) is 3.89. The van der Waals surface area contributed by atoms with E-state index in [4.69, 9.17) is 0 Å². The second kappa shape index (κ2) is 7.00. The van der Waals surface area contributed by atoms with E-state index < -0.39 is 10.0 Å². The first-order valence-electron chi connectivity index (χ1n) is 7.22. The molecule has 0 spiro atoms. The average molecular weight is 349 g/mol. The monoisotopic (exact) mass is 348 g/mol. The molecule has 1 heterocycles. The maximum absolute atomic E-state index is 12.4. The summed E-state index contributed by atoms with van der Waals surface area (Å²) in [5.41, 5.74) is 1.03. The molecular formula is C14H24N2O2S3. The number of sulfonamides is 1. The second-order valence-electron chi connectivity index (χ2n) is 5.87. The Morgan fingerprint density at radius 3 is 2.67 bits per heavy atom. The smallest absolute Gasteiger partial charge is 0.250 e. The fourth-order valence-corrected chi connectivity index (χ4v) is 5.62. The van der Waals surface area contributed by atoms with Gasteiger partial charge in [0.15, 0.2) is 0 Å². The topological polar surface area (TPSA) is 58.2 Å². The van der Waals surface area contributed by atoms with Gasteiger partial charge in [0.25, 0.3) is 0 Å². The van der Waals surface area contributed by atoms with Gasteiger partial charge >= 0.3 is 0 Å². The second-order valence-corrected chi connectivity index (χ2v) is 10.1. The van der Waals surface area contributed by atoms with Crippen molar-refractivity contribution in [3.8, 4) is 0 Å². The molecule has 0 unspecified atom stereocenters. The van der Waals surface area contributed by atoms with Crippen molar-refractivity contribution in [2.45, 2.75) is 54.7 Å². The van der Waals surface area contributed by atoms with E-state index in [0.29, 0.717) is 23.3 Å². The Hall–Kier alpha value is -0.0800. The molecule has 2 rings (SSSR count). The largest absolute Gasteiger partial charge is 0.310 e. The number of hydrogen-bond acceptors (Lipinski definition) is 5. The van der Waals surface area contributed by atoms with Crippen LogP contribution in [0.4, 0.5) is 0 Å². The quantitative estimate of drug-likeness (QED) is 0.758. The molecule has 120 valence electrons. The van der Waals surface area contributed by atoms with Crippen LogP contribution in [0.25, 0.3) is 0 Å². The van der Waals surface area contributed by atoms with Crippen LogP contribution in [-0.4, -0.2) is 32.0 Å². The summed E-state index contributed by atoms with van der Waals surface area (Å²) in [5.74, 6) is 0.